The first-order valence-corrected chi connectivity index (χ1v) is 6.29. The molecule has 1 aliphatic rings. The monoisotopic (exact) mass is 248 g/mol. The number of hydrogen-bond acceptors (Lipinski definition) is 2. The molecule has 0 aromatic heterocycles. The molecule has 96 valence electrons. The first kappa shape index (κ1) is 15.7. The fraction of sp³-hybridized carbons (Fsp3) is 0.917. The zero-order valence-corrected chi connectivity index (χ0v) is 11.1. The van der Waals surface area contributed by atoms with Gasteiger partial charge in [0, 0.05) is 19.0 Å². The van der Waals surface area contributed by atoms with Crippen LogP contribution in [0, 0.1) is 0 Å². The second-order valence-electron chi connectivity index (χ2n) is 4.36. The summed E-state index contributed by atoms with van der Waals surface area (Å²) < 4.78 is 0. The lowest BCUT2D eigenvalue weighted by atomic mass is 10.1. The summed E-state index contributed by atoms with van der Waals surface area (Å²) in [6.45, 7) is 3.73. The van der Waals surface area contributed by atoms with Crippen molar-refractivity contribution in [1.82, 2.24) is 4.90 Å². The van der Waals surface area contributed by atoms with Gasteiger partial charge in [-0.2, -0.15) is 0 Å². The Hall–Kier alpha value is -0.280. The van der Waals surface area contributed by atoms with E-state index in [2.05, 4.69) is 6.92 Å². The van der Waals surface area contributed by atoms with E-state index < -0.39 is 0 Å². The van der Waals surface area contributed by atoms with E-state index in [9.17, 15) is 4.79 Å². The van der Waals surface area contributed by atoms with Crippen LogP contribution in [0.4, 0.5) is 0 Å². The number of halogens is 1. The lowest BCUT2D eigenvalue weighted by Crippen LogP contribution is -2.32. The van der Waals surface area contributed by atoms with E-state index in [1.54, 1.807) is 0 Å². The molecule has 0 unspecified atom stereocenters. The maximum atomic E-state index is 11.8. The molecule has 0 spiro atoms. The molecule has 1 saturated carbocycles. The minimum Gasteiger partial charge on any atom is -0.340 e. The quantitative estimate of drug-likeness (QED) is 0.671. The normalized spacial score (nSPS) is 14.4. The molecule has 2 N–H and O–H groups in total. The molecule has 0 atom stereocenters. The highest BCUT2D eigenvalue weighted by molar-refractivity contribution is 5.85. The van der Waals surface area contributed by atoms with E-state index in [1.165, 1.54) is 19.3 Å². The Balaban J connectivity index is 0.00000225. The molecule has 0 saturated heterocycles. The minimum atomic E-state index is 0. The number of carbonyl (C=O) groups excluding carboxylic acids is 1. The fourth-order valence-corrected chi connectivity index (χ4v) is 1.94. The van der Waals surface area contributed by atoms with Crippen LogP contribution >= 0.6 is 12.4 Å². The molecule has 1 aliphatic carbocycles. The summed E-state index contributed by atoms with van der Waals surface area (Å²) >= 11 is 0. The Labute approximate surface area is 105 Å². The number of carbonyl (C=O) groups is 1. The maximum absolute atomic E-state index is 11.8. The van der Waals surface area contributed by atoms with E-state index in [1.807, 2.05) is 4.90 Å². The Morgan fingerprint density at radius 2 is 1.88 bits per heavy atom. The molecule has 1 amide bonds. The van der Waals surface area contributed by atoms with Crippen LogP contribution in [0.15, 0.2) is 0 Å². The first-order chi connectivity index (χ1) is 7.29. The third-order valence-corrected chi connectivity index (χ3v) is 2.99. The van der Waals surface area contributed by atoms with Crippen LogP contribution < -0.4 is 5.73 Å². The van der Waals surface area contributed by atoms with Gasteiger partial charge in [-0.1, -0.05) is 12.8 Å². The van der Waals surface area contributed by atoms with Gasteiger partial charge in [-0.3, -0.25) is 4.79 Å². The molecule has 16 heavy (non-hydrogen) atoms. The van der Waals surface area contributed by atoms with Gasteiger partial charge >= 0.3 is 0 Å². The number of hydrogen-bond donors (Lipinski definition) is 1. The van der Waals surface area contributed by atoms with Crippen molar-refractivity contribution >= 4 is 18.3 Å². The SMILES string of the molecule is CCN(C(=O)CCCCCCN)C1CC1.Cl. The van der Waals surface area contributed by atoms with Gasteiger partial charge in [0.15, 0.2) is 0 Å². The molecule has 1 rings (SSSR count). The van der Waals surface area contributed by atoms with Gasteiger partial charge in [-0.05, 0) is 39.2 Å². The number of amides is 1. The van der Waals surface area contributed by atoms with Crippen LogP contribution in [-0.2, 0) is 4.79 Å². The summed E-state index contributed by atoms with van der Waals surface area (Å²) in [5.41, 5.74) is 5.41. The predicted molar refractivity (Wildman–Crippen MR) is 69.8 cm³/mol. The second kappa shape index (κ2) is 8.82. The third-order valence-electron chi connectivity index (χ3n) is 2.99. The maximum Gasteiger partial charge on any atom is 0.222 e. The molecule has 0 heterocycles. The van der Waals surface area contributed by atoms with Gasteiger partial charge in [0.05, 0.1) is 0 Å². The van der Waals surface area contributed by atoms with Crippen molar-refractivity contribution in [3.8, 4) is 0 Å². The smallest absolute Gasteiger partial charge is 0.222 e. The molecular weight excluding hydrogens is 224 g/mol. The van der Waals surface area contributed by atoms with Gasteiger partial charge in [0.25, 0.3) is 0 Å². The molecule has 0 radical (unpaired) electrons. The standard InChI is InChI=1S/C12H24N2O.ClH/c1-2-14(11-8-9-11)12(15)7-5-3-4-6-10-13;/h11H,2-10,13H2,1H3;1H. The molecule has 1 fully saturated rings. The van der Waals surface area contributed by atoms with Gasteiger partial charge in [0.1, 0.15) is 0 Å². The highest BCUT2D eigenvalue weighted by Gasteiger charge is 2.30. The van der Waals surface area contributed by atoms with Crippen LogP contribution in [0.25, 0.3) is 0 Å². The van der Waals surface area contributed by atoms with E-state index in [-0.39, 0.29) is 12.4 Å². The van der Waals surface area contributed by atoms with Crippen molar-refractivity contribution < 1.29 is 4.79 Å². The van der Waals surface area contributed by atoms with Crippen LogP contribution in [0.5, 0.6) is 0 Å². The number of nitrogens with zero attached hydrogens (tertiary/aromatic N) is 1. The van der Waals surface area contributed by atoms with Gasteiger partial charge in [-0.15, -0.1) is 12.4 Å². The Kier molecular flexibility index (Phi) is 8.67. The van der Waals surface area contributed by atoms with E-state index >= 15 is 0 Å². The van der Waals surface area contributed by atoms with Crippen molar-refractivity contribution in [3.63, 3.8) is 0 Å². The van der Waals surface area contributed by atoms with Crippen LogP contribution in [0.2, 0.25) is 0 Å². The van der Waals surface area contributed by atoms with E-state index in [0.717, 1.165) is 38.8 Å². The summed E-state index contributed by atoms with van der Waals surface area (Å²) in [4.78, 5) is 13.8. The summed E-state index contributed by atoms with van der Waals surface area (Å²) in [6.07, 6.45) is 7.59. The summed E-state index contributed by atoms with van der Waals surface area (Å²) in [6, 6.07) is 0.576. The predicted octanol–water partition coefficient (Wildman–Crippen LogP) is 2.33. The Morgan fingerprint density at radius 3 is 2.38 bits per heavy atom. The first-order valence-electron chi connectivity index (χ1n) is 6.29. The van der Waals surface area contributed by atoms with Gasteiger partial charge in [-0.25, -0.2) is 0 Å². The van der Waals surface area contributed by atoms with Crippen molar-refractivity contribution in [2.75, 3.05) is 13.1 Å². The fourth-order valence-electron chi connectivity index (χ4n) is 1.94. The molecule has 0 bridgehead atoms. The Bertz CT molecular complexity index is 195. The molecular formula is C12H25ClN2O. The molecule has 4 heteroatoms. The summed E-state index contributed by atoms with van der Waals surface area (Å²) in [5.74, 6) is 0.354. The van der Waals surface area contributed by atoms with Crippen LogP contribution in [0.1, 0.15) is 51.9 Å². The lowest BCUT2D eigenvalue weighted by molar-refractivity contribution is -0.131. The van der Waals surface area contributed by atoms with Crippen molar-refractivity contribution in [2.24, 2.45) is 5.73 Å². The third kappa shape index (κ3) is 5.71. The van der Waals surface area contributed by atoms with Crippen molar-refractivity contribution in [2.45, 2.75) is 57.9 Å². The number of unbranched alkanes of at least 4 members (excludes halogenated alkanes) is 3. The lowest BCUT2D eigenvalue weighted by Gasteiger charge is -2.20. The van der Waals surface area contributed by atoms with Crippen LogP contribution in [-0.4, -0.2) is 29.9 Å². The zero-order valence-electron chi connectivity index (χ0n) is 10.3. The van der Waals surface area contributed by atoms with Crippen LogP contribution in [0.3, 0.4) is 0 Å². The second-order valence-corrected chi connectivity index (χ2v) is 4.36. The van der Waals surface area contributed by atoms with Crippen molar-refractivity contribution in [3.05, 3.63) is 0 Å². The largest absolute Gasteiger partial charge is 0.340 e. The average Bonchev–Trinajstić information content (AvgIpc) is 3.03. The van der Waals surface area contributed by atoms with Gasteiger partial charge < -0.3 is 10.6 Å². The zero-order chi connectivity index (χ0) is 11.1. The topological polar surface area (TPSA) is 46.3 Å². The van der Waals surface area contributed by atoms with E-state index in [0.29, 0.717) is 11.9 Å². The number of rotatable bonds is 8. The summed E-state index contributed by atoms with van der Waals surface area (Å²) in [7, 11) is 0. The van der Waals surface area contributed by atoms with Gasteiger partial charge in [0.2, 0.25) is 5.91 Å². The number of nitrogens with two attached hydrogens (primary N) is 1. The minimum absolute atomic E-state index is 0. The van der Waals surface area contributed by atoms with Crippen molar-refractivity contribution in [1.29, 1.82) is 0 Å². The highest BCUT2D eigenvalue weighted by Crippen LogP contribution is 2.27. The molecule has 0 aliphatic heterocycles. The Morgan fingerprint density at radius 1 is 1.25 bits per heavy atom. The molecule has 0 aromatic rings. The average molecular weight is 249 g/mol. The summed E-state index contributed by atoms with van der Waals surface area (Å²) in [5, 5.41) is 0. The molecule has 3 nitrogen and oxygen atoms in total. The van der Waals surface area contributed by atoms with E-state index in [4.69, 9.17) is 5.73 Å². The molecule has 0 aromatic carbocycles. The highest BCUT2D eigenvalue weighted by atomic mass is 35.5.